The highest BCUT2D eigenvalue weighted by molar-refractivity contribution is 7.89. The van der Waals surface area contributed by atoms with Crippen molar-refractivity contribution < 1.29 is 27.1 Å². The molecule has 0 atom stereocenters. The minimum absolute atomic E-state index is 0.0441. The summed E-state index contributed by atoms with van der Waals surface area (Å²) in [4.78, 5) is 11.8. The minimum atomic E-state index is -3.42. The highest BCUT2D eigenvalue weighted by Crippen LogP contribution is 2.25. The molecule has 3 rings (SSSR count). The number of nitrogens with one attached hydrogen (secondary N) is 1. The van der Waals surface area contributed by atoms with E-state index in [1.807, 2.05) is 18.2 Å². The molecule has 1 amide bonds. The van der Waals surface area contributed by atoms with E-state index in [0.29, 0.717) is 31.7 Å². The Hall–Kier alpha value is -2.65. The molecule has 1 aliphatic rings. The van der Waals surface area contributed by atoms with Crippen molar-refractivity contribution in [2.75, 3.05) is 32.6 Å². The number of fused-ring (bicyclic) bond motifs is 1. The van der Waals surface area contributed by atoms with Crippen molar-refractivity contribution in [3.63, 3.8) is 0 Å². The molecule has 1 aliphatic heterocycles. The van der Waals surface area contributed by atoms with E-state index < -0.39 is 10.0 Å². The van der Waals surface area contributed by atoms with Crippen LogP contribution in [0, 0.1) is 5.82 Å². The van der Waals surface area contributed by atoms with Crippen LogP contribution in [-0.2, 0) is 27.8 Å². The maximum atomic E-state index is 12.8. The molecule has 0 saturated carbocycles. The summed E-state index contributed by atoms with van der Waals surface area (Å²) < 4.78 is 50.1. The van der Waals surface area contributed by atoms with Gasteiger partial charge in [0.2, 0.25) is 10.0 Å². The molecule has 30 heavy (non-hydrogen) atoms. The lowest BCUT2D eigenvalue weighted by Crippen LogP contribution is -2.38. The number of rotatable bonds is 9. The third-order valence-electron chi connectivity index (χ3n) is 4.87. The number of carbonyl (C=O) groups excluding carboxylic acids is 1. The zero-order chi connectivity index (χ0) is 21.6. The standard InChI is InChI=1S/C21H25FN2O5S/c1-28-20-6-3-17-14-24(11-9-16(17)13-20)30(26,27)12-2-10-23-21(25)15-29-19-7-4-18(22)5-8-19/h3-8,13H,2,9-12,14-15H2,1H3,(H,23,25). The zero-order valence-corrected chi connectivity index (χ0v) is 17.6. The number of hydrogen-bond acceptors (Lipinski definition) is 5. The van der Waals surface area contributed by atoms with Gasteiger partial charge in [0.15, 0.2) is 6.61 Å². The van der Waals surface area contributed by atoms with E-state index in [0.717, 1.165) is 16.9 Å². The number of methoxy groups -OCH3 is 1. The van der Waals surface area contributed by atoms with E-state index in [2.05, 4.69) is 5.32 Å². The largest absolute Gasteiger partial charge is 0.497 e. The Bertz CT molecular complexity index is 979. The van der Waals surface area contributed by atoms with Crippen LogP contribution >= 0.6 is 0 Å². The lowest BCUT2D eigenvalue weighted by atomic mass is 10.0. The van der Waals surface area contributed by atoms with Gasteiger partial charge in [-0.3, -0.25) is 4.79 Å². The summed E-state index contributed by atoms with van der Waals surface area (Å²) in [7, 11) is -1.81. The second-order valence-electron chi connectivity index (χ2n) is 6.98. The first-order valence-corrected chi connectivity index (χ1v) is 11.3. The van der Waals surface area contributed by atoms with Crippen LogP contribution in [0.2, 0.25) is 0 Å². The molecule has 0 fully saturated rings. The summed E-state index contributed by atoms with van der Waals surface area (Å²) in [5.74, 6) is 0.362. The molecule has 9 heteroatoms. The smallest absolute Gasteiger partial charge is 0.257 e. The lowest BCUT2D eigenvalue weighted by molar-refractivity contribution is -0.123. The maximum absolute atomic E-state index is 12.8. The monoisotopic (exact) mass is 436 g/mol. The molecular formula is C21H25FN2O5S. The van der Waals surface area contributed by atoms with Crippen LogP contribution in [0.3, 0.4) is 0 Å². The van der Waals surface area contributed by atoms with E-state index in [9.17, 15) is 17.6 Å². The van der Waals surface area contributed by atoms with Crippen LogP contribution in [0.1, 0.15) is 17.5 Å². The molecule has 0 spiro atoms. The normalized spacial score (nSPS) is 14.1. The zero-order valence-electron chi connectivity index (χ0n) is 16.8. The summed E-state index contributed by atoms with van der Waals surface area (Å²) >= 11 is 0. The van der Waals surface area contributed by atoms with Gasteiger partial charge in [-0.2, -0.15) is 4.31 Å². The Morgan fingerprint density at radius 3 is 2.60 bits per heavy atom. The highest BCUT2D eigenvalue weighted by atomic mass is 32.2. The molecule has 0 unspecified atom stereocenters. The fraction of sp³-hybridized carbons (Fsp3) is 0.381. The Balaban J connectivity index is 1.40. The first kappa shape index (κ1) is 22.0. The number of ether oxygens (including phenoxy) is 2. The van der Waals surface area contributed by atoms with Gasteiger partial charge in [0.05, 0.1) is 12.9 Å². The molecule has 0 bridgehead atoms. The van der Waals surface area contributed by atoms with Crippen LogP contribution in [0.25, 0.3) is 0 Å². The van der Waals surface area contributed by atoms with Crippen molar-refractivity contribution in [2.24, 2.45) is 0 Å². The number of carbonyl (C=O) groups is 1. The molecule has 2 aromatic carbocycles. The van der Waals surface area contributed by atoms with E-state index >= 15 is 0 Å². The van der Waals surface area contributed by atoms with Gasteiger partial charge in [-0.25, -0.2) is 12.8 Å². The van der Waals surface area contributed by atoms with Gasteiger partial charge in [0.1, 0.15) is 17.3 Å². The number of halogens is 1. The lowest BCUT2D eigenvalue weighted by Gasteiger charge is -2.28. The Morgan fingerprint density at radius 2 is 1.87 bits per heavy atom. The number of nitrogens with zero attached hydrogens (tertiary/aromatic N) is 1. The predicted molar refractivity (Wildman–Crippen MR) is 110 cm³/mol. The quantitative estimate of drug-likeness (QED) is 0.609. The molecular weight excluding hydrogens is 411 g/mol. The summed E-state index contributed by atoms with van der Waals surface area (Å²) in [6.45, 7) is 0.789. The van der Waals surface area contributed by atoms with Crippen LogP contribution in [0.4, 0.5) is 4.39 Å². The van der Waals surface area contributed by atoms with Crippen LogP contribution in [0.15, 0.2) is 42.5 Å². The van der Waals surface area contributed by atoms with Crippen molar-refractivity contribution >= 4 is 15.9 Å². The Labute approximate surface area is 175 Å². The van der Waals surface area contributed by atoms with Gasteiger partial charge >= 0.3 is 0 Å². The fourth-order valence-electron chi connectivity index (χ4n) is 3.21. The molecule has 1 heterocycles. The van der Waals surface area contributed by atoms with Crippen molar-refractivity contribution in [2.45, 2.75) is 19.4 Å². The molecule has 0 aliphatic carbocycles. The molecule has 7 nitrogen and oxygen atoms in total. The average Bonchev–Trinajstić information content (AvgIpc) is 2.75. The van der Waals surface area contributed by atoms with Gasteiger partial charge in [0, 0.05) is 19.6 Å². The van der Waals surface area contributed by atoms with Crippen molar-refractivity contribution in [3.05, 3.63) is 59.4 Å². The summed E-state index contributed by atoms with van der Waals surface area (Å²) in [5, 5.41) is 2.63. The summed E-state index contributed by atoms with van der Waals surface area (Å²) in [6.07, 6.45) is 0.944. The topological polar surface area (TPSA) is 84.9 Å². The molecule has 0 aromatic heterocycles. The third kappa shape index (κ3) is 5.93. The van der Waals surface area contributed by atoms with Gasteiger partial charge in [-0.05, 0) is 60.4 Å². The third-order valence-corrected chi connectivity index (χ3v) is 6.77. The Kier molecular flexibility index (Phi) is 7.28. The predicted octanol–water partition coefficient (Wildman–Crippen LogP) is 2.11. The minimum Gasteiger partial charge on any atom is -0.497 e. The number of hydrogen-bond donors (Lipinski definition) is 1. The van der Waals surface area contributed by atoms with Crippen molar-refractivity contribution in [1.82, 2.24) is 9.62 Å². The van der Waals surface area contributed by atoms with Gasteiger partial charge in [0.25, 0.3) is 5.91 Å². The molecule has 2 aromatic rings. The van der Waals surface area contributed by atoms with E-state index in [4.69, 9.17) is 9.47 Å². The summed E-state index contributed by atoms with van der Waals surface area (Å²) in [5.41, 5.74) is 2.09. The fourth-order valence-corrected chi connectivity index (χ4v) is 4.68. The number of benzene rings is 2. The molecule has 1 N–H and O–H groups in total. The number of sulfonamides is 1. The molecule has 0 radical (unpaired) electrons. The van der Waals surface area contributed by atoms with Crippen LogP contribution in [-0.4, -0.2) is 51.2 Å². The first-order chi connectivity index (χ1) is 14.4. The maximum Gasteiger partial charge on any atom is 0.257 e. The van der Waals surface area contributed by atoms with Gasteiger partial charge in [-0.1, -0.05) is 6.07 Å². The van der Waals surface area contributed by atoms with Crippen LogP contribution in [0.5, 0.6) is 11.5 Å². The Morgan fingerprint density at radius 1 is 1.13 bits per heavy atom. The van der Waals surface area contributed by atoms with Crippen molar-refractivity contribution in [3.8, 4) is 11.5 Å². The summed E-state index contributed by atoms with van der Waals surface area (Å²) in [6, 6.07) is 11.0. The van der Waals surface area contributed by atoms with Crippen molar-refractivity contribution in [1.29, 1.82) is 0 Å². The second-order valence-corrected chi connectivity index (χ2v) is 9.07. The van der Waals surface area contributed by atoms with Gasteiger partial charge < -0.3 is 14.8 Å². The molecule has 0 saturated heterocycles. The van der Waals surface area contributed by atoms with Gasteiger partial charge in [-0.15, -0.1) is 0 Å². The van der Waals surface area contributed by atoms with E-state index in [1.54, 1.807) is 7.11 Å². The second kappa shape index (κ2) is 9.90. The average molecular weight is 437 g/mol. The van der Waals surface area contributed by atoms with Crippen LogP contribution < -0.4 is 14.8 Å². The van der Waals surface area contributed by atoms with E-state index in [1.165, 1.54) is 28.6 Å². The first-order valence-electron chi connectivity index (χ1n) is 9.66. The number of amides is 1. The SMILES string of the molecule is COc1ccc2c(c1)CCN(S(=O)(=O)CCCNC(=O)COc1ccc(F)cc1)C2. The van der Waals surface area contributed by atoms with E-state index in [-0.39, 0.29) is 30.6 Å². The molecule has 162 valence electrons. The highest BCUT2D eigenvalue weighted by Gasteiger charge is 2.26.